The van der Waals surface area contributed by atoms with E-state index in [2.05, 4.69) is 26.2 Å². The van der Waals surface area contributed by atoms with Crippen LogP contribution in [-0.4, -0.2) is 24.3 Å². The van der Waals surface area contributed by atoms with E-state index in [1.54, 1.807) is 30.5 Å². The Morgan fingerprint density at radius 3 is 2.66 bits per heavy atom. The number of hydrogen-bond acceptors (Lipinski definition) is 5. The number of phenolic OH excluding ortho intramolecular Hbond substituents is 1. The monoisotopic (exact) mass is 588 g/mol. The van der Waals surface area contributed by atoms with Crippen LogP contribution in [-0.2, 0) is 6.42 Å². The third-order valence-electron chi connectivity index (χ3n) is 5.94. The van der Waals surface area contributed by atoms with E-state index in [0.29, 0.717) is 44.2 Å². The SMILES string of the molecule is COc1cc(N=Cc2cc(Cc3ccccc3Cl)cc(Br)c2O)ccc1NC(=O)c1cc2ccccc2o1. The zero-order valence-corrected chi connectivity index (χ0v) is 22.6. The number of carbonyl (C=O) groups excluding carboxylic acids is 1. The van der Waals surface area contributed by atoms with Gasteiger partial charge in [-0.2, -0.15) is 0 Å². The minimum atomic E-state index is -0.388. The molecule has 0 bridgehead atoms. The lowest BCUT2D eigenvalue weighted by Crippen LogP contribution is -2.11. The van der Waals surface area contributed by atoms with Gasteiger partial charge >= 0.3 is 0 Å². The highest BCUT2D eigenvalue weighted by Crippen LogP contribution is 2.33. The maximum absolute atomic E-state index is 12.8. The van der Waals surface area contributed by atoms with E-state index in [-0.39, 0.29) is 17.4 Å². The molecule has 0 spiro atoms. The van der Waals surface area contributed by atoms with Crippen LogP contribution < -0.4 is 10.1 Å². The minimum absolute atomic E-state index is 0.0818. The number of halogens is 2. The van der Waals surface area contributed by atoms with Crippen LogP contribution in [0.1, 0.15) is 27.2 Å². The Morgan fingerprint density at radius 2 is 1.87 bits per heavy atom. The van der Waals surface area contributed by atoms with E-state index < -0.39 is 0 Å². The lowest BCUT2D eigenvalue weighted by atomic mass is 10.0. The lowest BCUT2D eigenvalue weighted by Gasteiger charge is -2.10. The summed E-state index contributed by atoms with van der Waals surface area (Å²) in [4.78, 5) is 17.3. The largest absolute Gasteiger partial charge is 0.506 e. The summed E-state index contributed by atoms with van der Waals surface area (Å²) < 4.78 is 11.7. The van der Waals surface area contributed by atoms with E-state index >= 15 is 0 Å². The summed E-state index contributed by atoms with van der Waals surface area (Å²) >= 11 is 9.75. The number of hydrogen-bond donors (Lipinski definition) is 2. The fourth-order valence-electron chi connectivity index (χ4n) is 4.03. The number of methoxy groups -OCH3 is 1. The van der Waals surface area contributed by atoms with Crippen molar-refractivity contribution in [2.24, 2.45) is 4.99 Å². The van der Waals surface area contributed by atoms with E-state index in [1.807, 2.05) is 60.7 Å². The van der Waals surface area contributed by atoms with Crippen molar-refractivity contribution < 1.29 is 19.1 Å². The van der Waals surface area contributed by atoms with Gasteiger partial charge in [0, 0.05) is 28.3 Å². The molecule has 1 amide bonds. The number of para-hydroxylation sites is 1. The number of rotatable bonds is 7. The van der Waals surface area contributed by atoms with Gasteiger partial charge in [-0.25, -0.2) is 0 Å². The van der Waals surface area contributed by atoms with E-state index in [1.165, 1.54) is 7.11 Å². The molecule has 1 heterocycles. The van der Waals surface area contributed by atoms with Crippen molar-refractivity contribution >= 4 is 62.0 Å². The maximum atomic E-state index is 12.8. The van der Waals surface area contributed by atoms with Gasteiger partial charge in [-0.05, 0) is 75.9 Å². The van der Waals surface area contributed by atoms with E-state index in [0.717, 1.165) is 16.5 Å². The van der Waals surface area contributed by atoms with Crippen LogP contribution >= 0.6 is 27.5 Å². The smallest absolute Gasteiger partial charge is 0.291 e. The average Bonchev–Trinajstić information content (AvgIpc) is 3.36. The van der Waals surface area contributed by atoms with Gasteiger partial charge in [0.15, 0.2) is 5.76 Å². The number of furan rings is 1. The zero-order valence-electron chi connectivity index (χ0n) is 20.2. The molecule has 2 N–H and O–H groups in total. The number of anilines is 1. The summed E-state index contributed by atoms with van der Waals surface area (Å²) in [5.74, 6) is 0.328. The van der Waals surface area contributed by atoms with Gasteiger partial charge in [0.1, 0.15) is 17.1 Å². The van der Waals surface area contributed by atoms with Crippen molar-refractivity contribution in [2.75, 3.05) is 12.4 Å². The number of carbonyl (C=O) groups is 1. The quantitative estimate of drug-likeness (QED) is 0.188. The molecule has 190 valence electrons. The molecule has 0 radical (unpaired) electrons. The van der Waals surface area contributed by atoms with Gasteiger partial charge in [-0.15, -0.1) is 0 Å². The van der Waals surface area contributed by atoms with E-state index in [9.17, 15) is 9.90 Å². The Bertz CT molecular complexity index is 1650. The molecule has 0 aliphatic heterocycles. The van der Waals surface area contributed by atoms with Crippen LogP contribution in [0.2, 0.25) is 5.02 Å². The first-order valence-corrected chi connectivity index (χ1v) is 12.8. The summed E-state index contributed by atoms with van der Waals surface area (Å²) in [5.41, 5.74) is 4.19. The van der Waals surface area contributed by atoms with Crippen LogP contribution in [0.5, 0.6) is 11.5 Å². The first-order valence-electron chi connectivity index (χ1n) is 11.7. The topological polar surface area (TPSA) is 84.1 Å². The number of fused-ring (bicyclic) bond motifs is 1. The highest BCUT2D eigenvalue weighted by Gasteiger charge is 2.15. The van der Waals surface area contributed by atoms with Crippen LogP contribution in [0.4, 0.5) is 11.4 Å². The second-order valence-electron chi connectivity index (χ2n) is 8.53. The van der Waals surface area contributed by atoms with Gasteiger partial charge < -0.3 is 19.6 Å². The Balaban J connectivity index is 1.36. The number of nitrogens with zero attached hydrogens (tertiary/aromatic N) is 1. The first-order chi connectivity index (χ1) is 18.4. The molecule has 1 aromatic heterocycles. The standard InChI is InChI=1S/C30H22BrClN2O4/c1-37-27-16-22(10-11-25(27)34-30(36)28-15-20-7-3-5-9-26(20)38-28)33-17-21-13-18(14-23(31)29(21)35)12-19-6-2-4-8-24(19)32/h2-11,13-17,35H,12H2,1H3,(H,34,36). The van der Waals surface area contributed by atoms with Gasteiger partial charge in [0.05, 0.1) is 23.0 Å². The van der Waals surface area contributed by atoms with Crippen molar-refractivity contribution in [1.29, 1.82) is 0 Å². The number of phenols is 1. The zero-order chi connectivity index (χ0) is 26.6. The van der Waals surface area contributed by atoms with Crippen LogP contribution in [0.15, 0.2) is 98.8 Å². The molecular formula is C30H22BrClN2O4. The number of benzene rings is 4. The Morgan fingerprint density at radius 1 is 1.08 bits per heavy atom. The van der Waals surface area contributed by atoms with Gasteiger partial charge in [0.25, 0.3) is 5.91 Å². The number of amides is 1. The van der Waals surface area contributed by atoms with E-state index in [4.69, 9.17) is 20.8 Å². The summed E-state index contributed by atoms with van der Waals surface area (Å²) in [6, 6.07) is 25.6. The van der Waals surface area contributed by atoms with Gasteiger partial charge in [-0.1, -0.05) is 48.0 Å². The molecule has 6 nitrogen and oxygen atoms in total. The Hall–Kier alpha value is -4.07. The highest BCUT2D eigenvalue weighted by molar-refractivity contribution is 9.10. The van der Waals surface area contributed by atoms with Crippen LogP contribution in [0.3, 0.4) is 0 Å². The lowest BCUT2D eigenvalue weighted by molar-refractivity contribution is 0.0998. The summed E-state index contributed by atoms with van der Waals surface area (Å²) in [7, 11) is 1.51. The second-order valence-corrected chi connectivity index (χ2v) is 9.79. The predicted octanol–water partition coefficient (Wildman–Crippen LogP) is 8.16. The molecule has 0 saturated carbocycles. The maximum Gasteiger partial charge on any atom is 0.291 e. The molecule has 5 aromatic rings. The number of aliphatic imine (C=N–C) groups is 1. The fourth-order valence-corrected chi connectivity index (χ4v) is 4.75. The number of aromatic hydroxyl groups is 1. The molecular weight excluding hydrogens is 568 g/mol. The molecule has 0 atom stereocenters. The first kappa shape index (κ1) is 25.6. The summed E-state index contributed by atoms with van der Waals surface area (Å²) in [6.07, 6.45) is 2.18. The highest BCUT2D eigenvalue weighted by atomic mass is 79.9. The van der Waals surface area contributed by atoms with Crippen LogP contribution in [0, 0.1) is 0 Å². The molecule has 0 aliphatic carbocycles. The fraction of sp³-hybridized carbons (Fsp3) is 0.0667. The molecule has 0 aliphatic rings. The van der Waals surface area contributed by atoms with Gasteiger partial charge in [-0.3, -0.25) is 9.79 Å². The number of ether oxygens (including phenoxy) is 1. The van der Waals surface area contributed by atoms with Crippen LogP contribution in [0.25, 0.3) is 11.0 Å². The third kappa shape index (κ3) is 5.59. The Labute approximate surface area is 232 Å². The number of nitrogens with one attached hydrogen (secondary N) is 1. The Kier molecular flexibility index (Phi) is 7.49. The van der Waals surface area contributed by atoms with Crippen molar-refractivity contribution in [3.8, 4) is 11.5 Å². The van der Waals surface area contributed by atoms with Gasteiger partial charge in [0.2, 0.25) is 0 Å². The van der Waals surface area contributed by atoms with Crippen molar-refractivity contribution in [2.45, 2.75) is 6.42 Å². The summed E-state index contributed by atoms with van der Waals surface area (Å²) in [5, 5.41) is 14.9. The molecule has 5 rings (SSSR count). The molecule has 38 heavy (non-hydrogen) atoms. The van der Waals surface area contributed by atoms with Crippen molar-refractivity contribution in [3.05, 3.63) is 117 Å². The molecule has 0 unspecified atom stereocenters. The molecule has 8 heteroatoms. The molecule has 4 aromatic carbocycles. The van der Waals surface area contributed by atoms with Crippen molar-refractivity contribution in [1.82, 2.24) is 0 Å². The summed E-state index contributed by atoms with van der Waals surface area (Å²) in [6.45, 7) is 0. The molecule has 0 saturated heterocycles. The normalized spacial score (nSPS) is 11.2. The third-order valence-corrected chi connectivity index (χ3v) is 6.91. The van der Waals surface area contributed by atoms with Crippen molar-refractivity contribution in [3.63, 3.8) is 0 Å². The molecule has 0 fully saturated rings. The average molecular weight is 590 g/mol. The second kappa shape index (κ2) is 11.1. The predicted molar refractivity (Wildman–Crippen MR) is 154 cm³/mol. The minimum Gasteiger partial charge on any atom is -0.506 e.